The molecule has 0 saturated carbocycles. The van der Waals surface area contributed by atoms with Crippen molar-refractivity contribution in [3.63, 3.8) is 0 Å². The quantitative estimate of drug-likeness (QED) is 0.174. The highest BCUT2D eigenvalue weighted by Gasteiger charge is 2.36. The molecular formula is C55H37NOS. The average molecular weight is 760 g/mol. The van der Waals surface area contributed by atoms with Crippen molar-refractivity contribution in [2.45, 2.75) is 19.3 Å². The zero-order valence-electron chi connectivity index (χ0n) is 32.2. The Kier molecular flexibility index (Phi) is 7.18. The highest BCUT2D eigenvalue weighted by atomic mass is 32.1. The third-order valence-electron chi connectivity index (χ3n) is 12.5. The minimum atomic E-state index is -0.157. The molecule has 1 aliphatic rings. The van der Waals surface area contributed by atoms with Crippen LogP contribution in [0.3, 0.4) is 0 Å². The number of hydrogen-bond donors (Lipinski definition) is 0. The smallest absolute Gasteiger partial charge is 0.144 e. The second-order valence-corrected chi connectivity index (χ2v) is 17.1. The van der Waals surface area contributed by atoms with Gasteiger partial charge in [0.15, 0.2) is 0 Å². The molecule has 0 N–H and O–H groups in total. The number of hydrogen-bond acceptors (Lipinski definition) is 3. The second-order valence-electron chi connectivity index (χ2n) is 16.0. The van der Waals surface area contributed by atoms with Gasteiger partial charge in [-0.05, 0) is 75.3 Å². The van der Waals surface area contributed by atoms with Gasteiger partial charge in [0.05, 0.1) is 5.69 Å². The Morgan fingerprint density at radius 2 is 1.10 bits per heavy atom. The first-order valence-corrected chi connectivity index (χ1v) is 20.8. The number of nitrogens with zero attached hydrogens (tertiary/aromatic N) is 1. The zero-order chi connectivity index (χ0) is 38.5. The molecule has 3 heteroatoms. The fourth-order valence-electron chi connectivity index (χ4n) is 9.75. The van der Waals surface area contributed by atoms with E-state index in [1.165, 1.54) is 53.6 Å². The first-order valence-electron chi connectivity index (χ1n) is 20.0. The summed E-state index contributed by atoms with van der Waals surface area (Å²) in [5.41, 5.74) is 15.1. The maximum atomic E-state index is 6.80. The molecule has 1 aliphatic carbocycles. The molecule has 2 nitrogen and oxygen atoms in total. The van der Waals surface area contributed by atoms with Gasteiger partial charge in [0.2, 0.25) is 0 Å². The van der Waals surface area contributed by atoms with Gasteiger partial charge in [0.25, 0.3) is 0 Å². The van der Waals surface area contributed by atoms with Crippen molar-refractivity contribution in [2.24, 2.45) is 0 Å². The van der Waals surface area contributed by atoms with Crippen molar-refractivity contribution >= 4 is 81.3 Å². The van der Waals surface area contributed by atoms with E-state index in [-0.39, 0.29) is 5.41 Å². The summed E-state index contributed by atoms with van der Waals surface area (Å²) in [6.45, 7) is 4.73. The normalized spacial score (nSPS) is 13.1. The molecule has 274 valence electrons. The second kappa shape index (κ2) is 12.5. The lowest BCUT2D eigenvalue weighted by Gasteiger charge is -2.31. The van der Waals surface area contributed by atoms with Gasteiger partial charge >= 0.3 is 0 Å². The third kappa shape index (κ3) is 4.77. The van der Waals surface area contributed by atoms with Crippen molar-refractivity contribution in [2.75, 3.05) is 4.90 Å². The lowest BCUT2D eigenvalue weighted by atomic mass is 9.82. The predicted octanol–water partition coefficient (Wildman–Crippen LogP) is 16.2. The van der Waals surface area contributed by atoms with Crippen LogP contribution in [0.25, 0.3) is 86.3 Å². The van der Waals surface area contributed by atoms with Gasteiger partial charge in [-0.2, -0.15) is 0 Å². The Labute approximate surface area is 340 Å². The van der Waals surface area contributed by atoms with Crippen molar-refractivity contribution in [3.05, 3.63) is 199 Å². The molecule has 2 heterocycles. The molecule has 58 heavy (non-hydrogen) atoms. The summed E-state index contributed by atoms with van der Waals surface area (Å²) in [4.78, 5) is 2.51. The summed E-state index contributed by atoms with van der Waals surface area (Å²) < 4.78 is 9.44. The molecule has 0 bridgehead atoms. The van der Waals surface area contributed by atoms with Crippen LogP contribution in [0.5, 0.6) is 0 Å². The zero-order valence-corrected chi connectivity index (χ0v) is 33.0. The molecule has 0 atom stereocenters. The minimum Gasteiger partial charge on any atom is -0.455 e. The van der Waals surface area contributed by atoms with E-state index in [0.29, 0.717) is 0 Å². The number of thiophene rings is 1. The molecule has 0 radical (unpaired) electrons. The number of anilines is 3. The molecular weight excluding hydrogens is 723 g/mol. The van der Waals surface area contributed by atoms with E-state index >= 15 is 0 Å². The van der Waals surface area contributed by atoms with Crippen molar-refractivity contribution in [3.8, 4) is 33.4 Å². The van der Waals surface area contributed by atoms with E-state index in [2.05, 4.69) is 207 Å². The number of benzene rings is 9. The summed E-state index contributed by atoms with van der Waals surface area (Å²) in [6, 6.07) is 68.8. The van der Waals surface area contributed by atoms with Crippen LogP contribution in [-0.2, 0) is 5.41 Å². The molecule has 0 unspecified atom stereocenters. The number of para-hydroxylation sites is 1. The molecule has 0 fully saturated rings. The van der Waals surface area contributed by atoms with Crippen LogP contribution in [0.2, 0.25) is 0 Å². The molecule has 0 aliphatic heterocycles. The third-order valence-corrected chi connectivity index (χ3v) is 13.7. The fraction of sp³-hybridized carbons (Fsp3) is 0.0545. The average Bonchev–Trinajstić information content (AvgIpc) is 3.93. The number of furan rings is 1. The summed E-state index contributed by atoms with van der Waals surface area (Å²) in [6.07, 6.45) is 0. The van der Waals surface area contributed by atoms with Gasteiger partial charge < -0.3 is 9.32 Å². The van der Waals surface area contributed by atoms with E-state index < -0.39 is 0 Å². The van der Waals surface area contributed by atoms with Crippen LogP contribution in [0.4, 0.5) is 17.1 Å². The predicted molar refractivity (Wildman–Crippen MR) is 247 cm³/mol. The topological polar surface area (TPSA) is 16.4 Å². The molecule has 12 rings (SSSR count). The largest absolute Gasteiger partial charge is 0.455 e. The summed E-state index contributed by atoms with van der Waals surface area (Å²) in [5, 5.41) is 7.09. The Morgan fingerprint density at radius 1 is 0.466 bits per heavy atom. The maximum Gasteiger partial charge on any atom is 0.144 e. The minimum absolute atomic E-state index is 0.157. The standard InChI is InChI=1S/C55H37NOS/c1-55(2)46-24-11-8-17-39(46)40-32-31-37(33-47(40)55)56(36-29-27-34(28-30-36)38-22-14-23-44-41-18-10-13-26-49(41)58-54(38)44)52-42-19-6-7-20-43(42)53-51(45-21-9-12-25-48(45)57-53)50(52)35-15-4-3-5-16-35/h3-33H,1-2H3. The van der Waals surface area contributed by atoms with Gasteiger partial charge in [-0.3, -0.25) is 0 Å². The highest BCUT2D eigenvalue weighted by molar-refractivity contribution is 7.26. The van der Waals surface area contributed by atoms with Crippen LogP contribution in [0.1, 0.15) is 25.0 Å². The van der Waals surface area contributed by atoms with Gasteiger partial charge in [-0.25, -0.2) is 0 Å². The van der Waals surface area contributed by atoms with Gasteiger partial charge in [0.1, 0.15) is 11.2 Å². The van der Waals surface area contributed by atoms with Crippen LogP contribution in [0.15, 0.2) is 192 Å². The summed E-state index contributed by atoms with van der Waals surface area (Å²) in [5.74, 6) is 0. The maximum absolute atomic E-state index is 6.80. The Balaban J connectivity index is 1.16. The van der Waals surface area contributed by atoms with Crippen molar-refractivity contribution in [1.82, 2.24) is 0 Å². The molecule has 2 aromatic heterocycles. The van der Waals surface area contributed by atoms with Gasteiger partial charge in [-0.1, -0.05) is 166 Å². The summed E-state index contributed by atoms with van der Waals surface area (Å²) in [7, 11) is 0. The van der Waals surface area contributed by atoms with Crippen LogP contribution in [0, 0.1) is 0 Å². The van der Waals surface area contributed by atoms with Crippen LogP contribution in [-0.4, -0.2) is 0 Å². The highest BCUT2D eigenvalue weighted by Crippen LogP contribution is 2.55. The van der Waals surface area contributed by atoms with Crippen LogP contribution < -0.4 is 4.90 Å². The van der Waals surface area contributed by atoms with E-state index in [9.17, 15) is 0 Å². The first kappa shape index (κ1) is 33.2. The molecule has 0 saturated heterocycles. The number of fused-ring (bicyclic) bond motifs is 11. The Hall–Kier alpha value is -6.94. The number of rotatable bonds is 5. The van der Waals surface area contributed by atoms with E-state index in [4.69, 9.17) is 4.42 Å². The lowest BCUT2D eigenvalue weighted by Crippen LogP contribution is -2.17. The Morgan fingerprint density at radius 3 is 1.95 bits per heavy atom. The van der Waals surface area contributed by atoms with E-state index in [1.54, 1.807) is 0 Å². The Bertz CT molecular complexity index is 3420. The summed E-state index contributed by atoms with van der Waals surface area (Å²) >= 11 is 1.88. The van der Waals surface area contributed by atoms with E-state index in [0.717, 1.165) is 60.9 Å². The van der Waals surface area contributed by atoms with E-state index in [1.807, 2.05) is 11.3 Å². The lowest BCUT2D eigenvalue weighted by molar-refractivity contribution is 0.660. The van der Waals surface area contributed by atoms with Crippen molar-refractivity contribution < 1.29 is 4.42 Å². The van der Waals surface area contributed by atoms with Crippen LogP contribution >= 0.6 is 11.3 Å². The van der Waals surface area contributed by atoms with Crippen molar-refractivity contribution in [1.29, 1.82) is 0 Å². The molecule has 0 spiro atoms. The monoisotopic (exact) mass is 759 g/mol. The first-order chi connectivity index (χ1) is 28.5. The van der Waals surface area contributed by atoms with Gasteiger partial charge in [0, 0.05) is 64.1 Å². The van der Waals surface area contributed by atoms with Gasteiger partial charge in [-0.15, -0.1) is 11.3 Å². The fourth-order valence-corrected chi connectivity index (χ4v) is 11.0. The SMILES string of the molecule is CC1(C)c2ccccc2-c2ccc(N(c3ccc(-c4cccc5c4sc4ccccc45)cc3)c3c(-c4ccccc4)c4c5ccccc5oc4c4ccccc34)cc21. The molecule has 0 amide bonds. The molecule has 11 aromatic rings. The molecule has 9 aromatic carbocycles.